The van der Waals surface area contributed by atoms with Crippen LogP contribution < -0.4 is 5.32 Å². The summed E-state index contributed by atoms with van der Waals surface area (Å²) >= 11 is 0. The monoisotopic (exact) mass is 519 g/mol. The molecule has 2 aliphatic rings. The number of nitro groups is 1. The maximum atomic E-state index is 13.8. The number of aliphatic hydroxyl groups is 1. The summed E-state index contributed by atoms with van der Waals surface area (Å²) in [6.07, 6.45) is -0.860. The number of hydrogen-bond donors (Lipinski definition) is 2. The third kappa shape index (κ3) is 5.31. The summed E-state index contributed by atoms with van der Waals surface area (Å²) in [4.78, 5) is 39.6. The third-order valence-electron chi connectivity index (χ3n) is 7.36. The first kappa shape index (κ1) is 26.6. The van der Waals surface area contributed by atoms with Crippen LogP contribution in [-0.4, -0.2) is 45.5 Å². The van der Waals surface area contributed by atoms with E-state index in [1.165, 1.54) is 24.3 Å². The summed E-state index contributed by atoms with van der Waals surface area (Å²) in [5.74, 6) is -1.33. The average molecular weight is 520 g/mol. The third-order valence-corrected chi connectivity index (χ3v) is 7.36. The van der Waals surface area contributed by atoms with Crippen LogP contribution in [0.2, 0.25) is 0 Å². The van der Waals surface area contributed by atoms with E-state index in [2.05, 4.69) is 0 Å². The van der Waals surface area contributed by atoms with E-state index in [9.17, 15) is 38.0 Å². The minimum absolute atomic E-state index is 0.195. The lowest BCUT2D eigenvalue weighted by Gasteiger charge is -2.41. The van der Waals surface area contributed by atoms with Crippen LogP contribution in [0, 0.1) is 10.1 Å². The van der Waals surface area contributed by atoms with Gasteiger partial charge in [-0.2, -0.15) is 13.2 Å². The zero-order valence-electron chi connectivity index (χ0n) is 20.0. The van der Waals surface area contributed by atoms with Gasteiger partial charge in [0, 0.05) is 24.6 Å². The molecule has 11 heteroatoms. The number of rotatable bonds is 7. The van der Waals surface area contributed by atoms with Crippen molar-refractivity contribution in [1.29, 1.82) is 0 Å². The second-order valence-electron chi connectivity index (χ2n) is 9.65. The normalized spacial score (nSPS) is 22.8. The fraction of sp³-hybridized carbons (Fsp3) is 0.462. The van der Waals surface area contributed by atoms with Crippen LogP contribution in [0.1, 0.15) is 61.3 Å². The van der Waals surface area contributed by atoms with Crippen molar-refractivity contribution in [2.45, 2.75) is 68.8 Å². The van der Waals surface area contributed by atoms with Crippen molar-refractivity contribution in [2.75, 3.05) is 6.54 Å². The first-order valence-corrected chi connectivity index (χ1v) is 12.2. The second kappa shape index (κ2) is 10.5. The molecule has 198 valence electrons. The number of benzene rings is 2. The number of non-ortho nitro benzene ring substituents is 1. The molecule has 1 aliphatic heterocycles. The van der Waals surface area contributed by atoms with Gasteiger partial charge < -0.3 is 15.3 Å². The van der Waals surface area contributed by atoms with Gasteiger partial charge in [-0.15, -0.1) is 0 Å². The van der Waals surface area contributed by atoms with E-state index in [4.69, 9.17) is 0 Å². The Bertz CT molecular complexity index is 1150. The number of nitro benzene ring substituents is 1. The van der Waals surface area contributed by atoms with E-state index in [0.717, 1.165) is 19.3 Å². The van der Waals surface area contributed by atoms with Crippen LogP contribution in [0.4, 0.5) is 18.9 Å². The van der Waals surface area contributed by atoms with Gasteiger partial charge >= 0.3 is 6.18 Å². The highest BCUT2D eigenvalue weighted by molar-refractivity contribution is 5.98. The molecule has 2 aromatic rings. The smallest absolute Gasteiger partial charge is 0.392 e. The van der Waals surface area contributed by atoms with Crippen molar-refractivity contribution in [3.05, 3.63) is 75.3 Å². The average Bonchev–Trinajstić information content (AvgIpc) is 3.21. The van der Waals surface area contributed by atoms with Crippen LogP contribution in [0.3, 0.4) is 0 Å². The minimum atomic E-state index is -4.67. The van der Waals surface area contributed by atoms with Crippen molar-refractivity contribution >= 4 is 17.5 Å². The number of alkyl halides is 3. The quantitative estimate of drug-likeness (QED) is 0.418. The zero-order chi connectivity index (χ0) is 26.8. The molecule has 1 aliphatic carbocycles. The molecule has 0 bridgehead atoms. The van der Waals surface area contributed by atoms with Gasteiger partial charge in [0.1, 0.15) is 12.0 Å². The lowest BCUT2D eigenvalue weighted by Crippen LogP contribution is -2.51. The highest BCUT2D eigenvalue weighted by atomic mass is 19.4. The standard InChI is InChI=1S/C26H28F3N3O5/c27-26(28,29)16-30-24(35)25(19-10-12-21(13-11-19)32(36)37)14-22(34)31(20-4-2-1-3-5-20)23(25)18-8-6-17(15-33)7-9-18/h6-13,20,23,33H,1-5,14-16H2,(H,30,35)/t23-,25-/m1/s1. The van der Waals surface area contributed by atoms with Crippen LogP contribution in [0.5, 0.6) is 0 Å². The molecule has 4 rings (SSSR count). The van der Waals surface area contributed by atoms with Crippen molar-refractivity contribution in [2.24, 2.45) is 0 Å². The van der Waals surface area contributed by atoms with Gasteiger partial charge in [0.05, 0.1) is 17.6 Å². The van der Waals surface area contributed by atoms with Crippen LogP contribution in [0.15, 0.2) is 48.5 Å². The molecule has 2 N–H and O–H groups in total. The lowest BCUT2D eigenvalue weighted by atomic mass is 9.70. The van der Waals surface area contributed by atoms with Gasteiger partial charge in [-0.1, -0.05) is 55.7 Å². The number of amides is 2. The molecule has 0 radical (unpaired) electrons. The fourth-order valence-corrected chi connectivity index (χ4v) is 5.65. The molecule has 2 amide bonds. The first-order valence-electron chi connectivity index (χ1n) is 12.2. The molecule has 1 heterocycles. The summed E-state index contributed by atoms with van der Waals surface area (Å²) < 4.78 is 39.4. The van der Waals surface area contributed by atoms with Crippen LogP contribution >= 0.6 is 0 Å². The minimum Gasteiger partial charge on any atom is -0.392 e. The van der Waals surface area contributed by atoms with Crippen molar-refractivity contribution in [3.63, 3.8) is 0 Å². The molecule has 0 spiro atoms. The number of halogens is 3. The predicted molar refractivity (Wildman–Crippen MR) is 127 cm³/mol. The van der Waals surface area contributed by atoms with Crippen molar-refractivity contribution in [1.82, 2.24) is 10.2 Å². The Morgan fingerprint density at radius 1 is 1.08 bits per heavy atom. The molecule has 2 fully saturated rings. The maximum Gasteiger partial charge on any atom is 0.405 e. The number of likely N-dealkylation sites (tertiary alicyclic amines) is 1. The van der Waals surface area contributed by atoms with Gasteiger partial charge in [-0.05, 0) is 29.5 Å². The highest BCUT2D eigenvalue weighted by Crippen LogP contribution is 2.52. The summed E-state index contributed by atoms with van der Waals surface area (Å²) in [5, 5.41) is 22.7. The van der Waals surface area contributed by atoms with Crippen LogP contribution in [-0.2, 0) is 21.6 Å². The maximum absolute atomic E-state index is 13.8. The topological polar surface area (TPSA) is 113 Å². The first-order chi connectivity index (χ1) is 17.6. The van der Waals surface area contributed by atoms with Gasteiger partial charge in [0.25, 0.3) is 5.69 Å². The molecule has 1 saturated heterocycles. The van der Waals surface area contributed by atoms with Crippen LogP contribution in [0.25, 0.3) is 0 Å². The Morgan fingerprint density at radius 2 is 1.70 bits per heavy atom. The summed E-state index contributed by atoms with van der Waals surface area (Å²) in [5.41, 5.74) is -0.642. The number of nitrogens with one attached hydrogen (secondary N) is 1. The number of carbonyl (C=O) groups is 2. The molecular weight excluding hydrogens is 491 g/mol. The summed E-state index contributed by atoms with van der Waals surface area (Å²) in [7, 11) is 0. The SMILES string of the molecule is O=C1C[C@@](C(=O)NCC(F)(F)F)(c2ccc([N+](=O)[O-])cc2)[C@@H](c2ccc(CO)cc2)N1C1CCCCC1. The van der Waals surface area contributed by atoms with E-state index < -0.39 is 35.0 Å². The van der Waals surface area contributed by atoms with Gasteiger partial charge in [-0.3, -0.25) is 19.7 Å². The number of nitrogens with zero attached hydrogens (tertiary/aromatic N) is 2. The summed E-state index contributed by atoms with van der Waals surface area (Å²) in [6.45, 7) is -1.80. The Morgan fingerprint density at radius 3 is 2.24 bits per heavy atom. The van der Waals surface area contributed by atoms with Crippen molar-refractivity contribution in [3.8, 4) is 0 Å². The Hall–Kier alpha value is -3.47. The molecule has 37 heavy (non-hydrogen) atoms. The predicted octanol–water partition coefficient (Wildman–Crippen LogP) is 4.31. The molecule has 2 aromatic carbocycles. The fourth-order valence-electron chi connectivity index (χ4n) is 5.65. The van der Waals surface area contributed by atoms with E-state index >= 15 is 0 Å². The van der Waals surface area contributed by atoms with Gasteiger partial charge in [0.2, 0.25) is 11.8 Å². The molecule has 8 nitrogen and oxygen atoms in total. The van der Waals surface area contributed by atoms with Gasteiger partial charge in [-0.25, -0.2) is 0 Å². The highest BCUT2D eigenvalue weighted by Gasteiger charge is 2.59. The molecule has 0 unspecified atom stereocenters. The Labute approximate surface area is 211 Å². The Balaban J connectivity index is 1.90. The molecule has 0 aromatic heterocycles. The Kier molecular flexibility index (Phi) is 7.54. The molecule has 1 saturated carbocycles. The number of aliphatic hydroxyl groups excluding tert-OH is 1. The van der Waals surface area contributed by atoms with E-state index in [-0.39, 0.29) is 36.2 Å². The number of hydrogen-bond acceptors (Lipinski definition) is 5. The van der Waals surface area contributed by atoms with E-state index in [1.807, 2.05) is 5.32 Å². The largest absolute Gasteiger partial charge is 0.405 e. The molecular formula is C26H28F3N3O5. The van der Waals surface area contributed by atoms with Gasteiger partial charge in [0.15, 0.2) is 0 Å². The van der Waals surface area contributed by atoms with Crippen molar-refractivity contribution < 1.29 is 32.8 Å². The van der Waals surface area contributed by atoms with E-state index in [0.29, 0.717) is 24.0 Å². The number of carbonyl (C=O) groups excluding carboxylic acids is 2. The second-order valence-corrected chi connectivity index (χ2v) is 9.65. The zero-order valence-corrected chi connectivity index (χ0v) is 20.0. The molecule has 2 atom stereocenters. The van der Waals surface area contributed by atoms with E-state index in [1.54, 1.807) is 29.2 Å². The summed E-state index contributed by atoms with van der Waals surface area (Å²) in [6, 6.07) is 10.6. The lowest BCUT2D eigenvalue weighted by molar-refractivity contribution is -0.384.